The van der Waals surface area contributed by atoms with Gasteiger partial charge in [0.2, 0.25) is 5.88 Å². The maximum Gasteiger partial charge on any atom is 0.317 e. The van der Waals surface area contributed by atoms with Crippen LogP contribution in [0.4, 0.5) is 5.88 Å². The van der Waals surface area contributed by atoms with Gasteiger partial charge in [0.05, 0.1) is 23.6 Å². The number of nitrogens with two attached hydrogens (primary N) is 1. The molecule has 0 aliphatic heterocycles. The highest BCUT2D eigenvalue weighted by atomic mass is 32.2. The van der Waals surface area contributed by atoms with Gasteiger partial charge in [-0.05, 0) is 38.3 Å². The number of hydrogen-bond donors (Lipinski definition) is 2. The van der Waals surface area contributed by atoms with Crippen molar-refractivity contribution in [3.05, 3.63) is 65.4 Å². The van der Waals surface area contributed by atoms with E-state index in [4.69, 9.17) is 10.3 Å². The standard InChI is InChI=1S/C29H36N4O5S/c1-18(2)26(27(30)34)33(5,29(35)23-9-8-10-23)17-21-13-15-22(16-14-21)24-11-6-7-12-25(24)39(36,37)32-28-19(3)20(4)31-38-28/h6-7,11-16,18,23,26H,8-10,17H2,1-5H3,(H2-,30,31,32,34)/p+1/t26-,33?/m0/s1. The quantitative estimate of drug-likeness (QED) is 0.354. The number of primary amides is 1. The van der Waals surface area contributed by atoms with E-state index >= 15 is 0 Å². The number of rotatable bonds is 10. The van der Waals surface area contributed by atoms with E-state index < -0.39 is 22.0 Å². The molecule has 2 aromatic carbocycles. The molecule has 1 fully saturated rings. The van der Waals surface area contributed by atoms with Crippen LogP contribution in [0.25, 0.3) is 11.1 Å². The molecule has 208 valence electrons. The van der Waals surface area contributed by atoms with E-state index in [2.05, 4.69) is 9.88 Å². The molecule has 4 rings (SSSR count). The van der Waals surface area contributed by atoms with Crippen molar-refractivity contribution < 1.29 is 27.0 Å². The first kappa shape index (κ1) is 28.5. The van der Waals surface area contributed by atoms with Gasteiger partial charge in [0.1, 0.15) is 6.54 Å². The number of hydrogen-bond acceptors (Lipinski definition) is 6. The predicted octanol–water partition coefficient (Wildman–Crippen LogP) is 4.54. The lowest BCUT2D eigenvalue weighted by atomic mass is 9.82. The summed E-state index contributed by atoms with van der Waals surface area (Å²) in [6, 6.07) is 13.5. The molecule has 9 nitrogen and oxygen atoms in total. The fraction of sp³-hybridized carbons (Fsp3) is 0.414. The molecule has 10 heteroatoms. The molecule has 1 aliphatic rings. The summed E-state index contributed by atoms with van der Waals surface area (Å²) in [5, 5.41) is 3.82. The SMILES string of the molecule is Cc1noc(NS(=O)(=O)c2ccccc2-c2ccc(C[N+](C)(C(=O)C3CCC3)[C@H](C(N)=O)C(C)C)cc2)c1C. The number of aryl methyl sites for hydroxylation is 1. The number of quaternary nitrogens is 1. The molecule has 0 bridgehead atoms. The van der Waals surface area contributed by atoms with Gasteiger partial charge >= 0.3 is 5.91 Å². The van der Waals surface area contributed by atoms with Crippen molar-refractivity contribution in [1.82, 2.24) is 5.16 Å². The molecule has 3 N–H and O–H groups in total. The van der Waals surface area contributed by atoms with E-state index in [9.17, 15) is 18.0 Å². The lowest BCUT2D eigenvalue weighted by Crippen LogP contribution is -2.64. The zero-order valence-electron chi connectivity index (χ0n) is 23.1. The summed E-state index contributed by atoms with van der Waals surface area (Å²) in [6.45, 7) is 7.61. The summed E-state index contributed by atoms with van der Waals surface area (Å²) in [7, 11) is -2.16. The van der Waals surface area contributed by atoms with Gasteiger partial charge in [-0.2, -0.15) is 0 Å². The minimum atomic E-state index is -3.97. The number of anilines is 1. The molecular formula is C29H37N4O5S+. The number of aromatic nitrogens is 1. The smallest absolute Gasteiger partial charge is 0.317 e. The van der Waals surface area contributed by atoms with Crippen LogP contribution >= 0.6 is 0 Å². The van der Waals surface area contributed by atoms with Crippen molar-refractivity contribution in [1.29, 1.82) is 0 Å². The van der Waals surface area contributed by atoms with Gasteiger partial charge in [0, 0.05) is 22.6 Å². The van der Waals surface area contributed by atoms with Crippen LogP contribution in [0.2, 0.25) is 0 Å². The number of likely N-dealkylation sites (N-methyl/N-ethyl adjacent to an activating group) is 1. The van der Waals surface area contributed by atoms with Crippen molar-refractivity contribution >= 4 is 27.7 Å². The van der Waals surface area contributed by atoms with E-state index in [1.165, 1.54) is 6.07 Å². The second kappa shape index (κ2) is 10.9. The minimum absolute atomic E-state index is 0.0447. The number of nitrogens with zero attached hydrogens (tertiary/aromatic N) is 2. The third-order valence-corrected chi connectivity index (χ3v) is 9.22. The molecule has 1 saturated carbocycles. The second-order valence-electron chi connectivity index (χ2n) is 11.0. The Labute approximate surface area is 230 Å². The lowest BCUT2D eigenvalue weighted by Gasteiger charge is -2.43. The van der Waals surface area contributed by atoms with Gasteiger partial charge in [-0.1, -0.05) is 67.9 Å². The van der Waals surface area contributed by atoms with Crippen LogP contribution in [0.5, 0.6) is 0 Å². The highest BCUT2D eigenvalue weighted by Crippen LogP contribution is 2.35. The molecule has 1 aliphatic carbocycles. The predicted molar refractivity (Wildman–Crippen MR) is 149 cm³/mol. The van der Waals surface area contributed by atoms with Crippen molar-refractivity contribution in [3.63, 3.8) is 0 Å². The van der Waals surface area contributed by atoms with Gasteiger partial charge in [-0.25, -0.2) is 22.4 Å². The van der Waals surface area contributed by atoms with Crippen LogP contribution in [-0.4, -0.2) is 43.0 Å². The summed E-state index contributed by atoms with van der Waals surface area (Å²) in [5.74, 6) is -0.530. The van der Waals surface area contributed by atoms with Crippen LogP contribution in [0.1, 0.15) is 49.9 Å². The molecule has 2 atom stereocenters. The molecule has 0 radical (unpaired) electrons. The van der Waals surface area contributed by atoms with Gasteiger partial charge in [-0.3, -0.25) is 4.79 Å². The van der Waals surface area contributed by atoms with Gasteiger partial charge in [-0.15, -0.1) is 0 Å². The van der Waals surface area contributed by atoms with E-state index in [0.717, 1.165) is 24.8 Å². The van der Waals surface area contributed by atoms with Crippen molar-refractivity contribution in [2.75, 3.05) is 11.8 Å². The largest absolute Gasteiger partial charge is 0.364 e. The number of sulfonamides is 1. The molecule has 1 unspecified atom stereocenters. The van der Waals surface area contributed by atoms with Crippen molar-refractivity contribution in [3.8, 4) is 11.1 Å². The summed E-state index contributed by atoms with van der Waals surface area (Å²) >= 11 is 0. The molecule has 39 heavy (non-hydrogen) atoms. The molecule has 1 heterocycles. The first-order valence-corrected chi connectivity index (χ1v) is 14.7. The number of nitrogens with one attached hydrogen (secondary N) is 1. The normalized spacial score (nSPS) is 16.4. The average Bonchev–Trinajstić information content (AvgIpc) is 3.14. The Kier molecular flexibility index (Phi) is 7.99. The topological polar surface area (TPSA) is 132 Å². The molecule has 3 aromatic rings. The van der Waals surface area contributed by atoms with Crippen LogP contribution in [0, 0.1) is 25.7 Å². The monoisotopic (exact) mass is 553 g/mol. The summed E-state index contributed by atoms with van der Waals surface area (Å²) < 4.78 is 34.2. The first-order valence-electron chi connectivity index (χ1n) is 13.2. The minimum Gasteiger partial charge on any atom is -0.364 e. The lowest BCUT2D eigenvalue weighted by molar-refractivity contribution is -0.869. The maximum atomic E-state index is 13.6. The highest BCUT2D eigenvalue weighted by Gasteiger charge is 2.49. The summed E-state index contributed by atoms with van der Waals surface area (Å²) in [6.07, 6.45) is 2.68. The molecule has 0 saturated heterocycles. The number of amides is 2. The Hall–Kier alpha value is -3.50. The van der Waals surface area contributed by atoms with E-state index in [0.29, 0.717) is 28.9 Å². The first-order chi connectivity index (χ1) is 18.3. The highest BCUT2D eigenvalue weighted by molar-refractivity contribution is 7.92. The Morgan fingerprint density at radius 1 is 1.10 bits per heavy atom. The third-order valence-electron chi connectivity index (χ3n) is 7.83. The van der Waals surface area contributed by atoms with Gasteiger partial charge in [0.25, 0.3) is 15.9 Å². The fourth-order valence-electron chi connectivity index (χ4n) is 5.45. The zero-order chi connectivity index (χ0) is 28.5. The maximum absolute atomic E-state index is 13.6. The van der Waals surface area contributed by atoms with E-state index in [1.807, 2.05) is 45.2 Å². The zero-order valence-corrected chi connectivity index (χ0v) is 23.9. The number of benzene rings is 2. The molecule has 0 spiro atoms. The van der Waals surface area contributed by atoms with Crippen molar-refractivity contribution in [2.45, 2.75) is 64.4 Å². The average molecular weight is 554 g/mol. The Bertz CT molecular complexity index is 1480. The Morgan fingerprint density at radius 2 is 1.74 bits per heavy atom. The van der Waals surface area contributed by atoms with E-state index in [-0.39, 0.29) is 33.0 Å². The van der Waals surface area contributed by atoms with Crippen molar-refractivity contribution in [2.24, 2.45) is 17.6 Å². The second-order valence-corrected chi connectivity index (χ2v) is 12.7. The number of carbonyl (C=O) groups excluding carboxylic acids is 2. The fourth-order valence-corrected chi connectivity index (χ4v) is 6.73. The Morgan fingerprint density at radius 3 is 2.26 bits per heavy atom. The molecule has 1 aromatic heterocycles. The summed E-state index contributed by atoms with van der Waals surface area (Å²) in [5.41, 5.74) is 9.11. The molecule has 2 amide bonds. The van der Waals surface area contributed by atoms with Crippen LogP contribution in [0.3, 0.4) is 0 Å². The van der Waals surface area contributed by atoms with E-state index in [1.54, 1.807) is 32.0 Å². The van der Waals surface area contributed by atoms with Crippen LogP contribution < -0.4 is 10.5 Å². The summed E-state index contributed by atoms with van der Waals surface area (Å²) in [4.78, 5) is 26.2. The third kappa shape index (κ3) is 5.62. The Balaban J connectivity index is 1.65. The van der Waals surface area contributed by atoms with Crippen LogP contribution in [-0.2, 0) is 26.2 Å². The van der Waals surface area contributed by atoms with Crippen LogP contribution in [0.15, 0.2) is 57.9 Å². The van der Waals surface area contributed by atoms with Gasteiger partial charge < -0.3 is 10.3 Å². The van der Waals surface area contributed by atoms with Gasteiger partial charge in [0.15, 0.2) is 6.04 Å². The number of carbonyl (C=O) groups is 2. The molecular weight excluding hydrogens is 516 g/mol.